The second kappa shape index (κ2) is 3.21. The lowest BCUT2D eigenvalue weighted by Crippen LogP contribution is -1.91. The maximum atomic E-state index is 5.62. The molecule has 10 heavy (non-hydrogen) atoms. The van der Waals surface area contributed by atoms with Crippen molar-refractivity contribution < 1.29 is 0 Å². The summed E-state index contributed by atoms with van der Waals surface area (Å²) in [6.07, 6.45) is 0. The highest BCUT2D eigenvalue weighted by atomic mass is 79.9. The zero-order valence-electron chi connectivity index (χ0n) is 5.14. The summed E-state index contributed by atoms with van der Waals surface area (Å²) in [5.74, 6) is 0.460. The molecule has 0 spiro atoms. The van der Waals surface area contributed by atoms with Crippen molar-refractivity contribution in [3.8, 4) is 0 Å². The summed E-state index contributed by atoms with van der Waals surface area (Å²) in [7, 11) is 0. The molecule has 1 heterocycles. The maximum Gasteiger partial charge on any atom is 0.131 e. The van der Waals surface area contributed by atoms with Crippen LogP contribution < -0.4 is 5.73 Å². The van der Waals surface area contributed by atoms with E-state index in [1.54, 1.807) is 12.1 Å². The average Bonchev–Trinajstić information content (AvgIpc) is 1.85. The van der Waals surface area contributed by atoms with E-state index in [0.717, 1.165) is 10.9 Å². The summed E-state index contributed by atoms with van der Waals surface area (Å²) in [6.45, 7) is 0. The predicted octanol–water partition coefficient (Wildman–Crippen LogP) is 2.21. The Bertz CT molecular complexity index is 219. The van der Waals surface area contributed by atoms with Gasteiger partial charge in [0.1, 0.15) is 11.0 Å². The maximum absolute atomic E-state index is 5.62. The van der Waals surface area contributed by atoms with Crippen LogP contribution >= 0.6 is 27.5 Å². The molecule has 2 N–H and O–H groups in total. The third-order valence-corrected chi connectivity index (χ3v) is 1.87. The lowest BCUT2D eigenvalue weighted by Gasteiger charge is -1.97. The highest BCUT2D eigenvalue weighted by Gasteiger charge is 1.95. The highest BCUT2D eigenvalue weighted by Crippen LogP contribution is 2.13. The van der Waals surface area contributed by atoms with E-state index < -0.39 is 0 Å². The van der Waals surface area contributed by atoms with Gasteiger partial charge in [0.05, 0.1) is 0 Å². The quantitative estimate of drug-likeness (QED) is 0.583. The Hall–Kier alpha value is -0.280. The zero-order chi connectivity index (χ0) is 7.56. The van der Waals surface area contributed by atoms with Crippen LogP contribution in [0, 0.1) is 0 Å². The van der Waals surface area contributed by atoms with Crippen molar-refractivity contribution in [1.29, 1.82) is 0 Å². The molecule has 4 heteroatoms. The molecule has 0 fully saturated rings. The van der Waals surface area contributed by atoms with Crippen molar-refractivity contribution in [2.75, 3.05) is 5.73 Å². The first-order valence-electron chi connectivity index (χ1n) is 2.70. The van der Waals surface area contributed by atoms with Crippen LogP contribution in [0.15, 0.2) is 12.1 Å². The van der Waals surface area contributed by atoms with Crippen molar-refractivity contribution in [3.05, 3.63) is 22.8 Å². The number of nitrogens with zero attached hydrogens (tertiary/aromatic N) is 1. The molecule has 0 bridgehead atoms. The molecule has 54 valence electrons. The van der Waals surface area contributed by atoms with Crippen LogP contribution in [0.5, 0.6) is 0 Å². The summed E-state index contributed by atoms with van der Waals surface area (Å²) < 4.78 is 0. The van der Waals surface area contributed by atoms with Gasteiger partial charge in [0.15, 0.2) is 0 Å². The van der Waals surface area contributed by atoms with Crippen LogP contribution in [-0.2, 0) is 5.33 Å². The smallest absolute Gasteiger partial charge is 0.131 e. The van der Waals surface area contributed by atoms with Crippen molar-refractivity contribution in [2.24, 2.45) is 0 Å². The van der Waals surface area contributed by atoms with E-state index in [1.165, 1.54) is 0 Å². The molecule has 0 atom stereocenters. The molecule has 0 radical (unpaired) electrons. The van der Waals surface area contributed by atoms with Crippen LogP contribution in [0.1, 0.15) is 5.56 Å². The first-order chi connectivity index (χ1) is 4.72. The molecule has 0 unspecified atom stereocenters. The fourth-order valence-electron chi connectivity index (χ4n) is 0.650. The number of hydrogen-bond donors (Lipinski definition) is 1. The van der Waals surface area contributed by atoms with Gasteiger partial charge >= 0.3 is 0 Å². The minimum absolute atomic E-state index is 0.439. The molecule has 0 aliphatic heterocycles. The van der Waals surface area contributed by atoms with Crippen LogP contribution in [0.25, 0.3) is 0 Å². The topological polar surface area (TPSA) is 38.9 Å². The van der Waals surface area contributed by atoms with Gasteiger partial charge in [0.25, 0.3) is 0 Å². The molecule has 0 aliphatic carbocycles. The van der Waals surface area contributed by atoms with E-state index in [0.29, 0.717) is 11.0 Å². The largest absolute Gasteiger partial charge is 0.384 e. The van der Waals surface area contributed by atoms with Gasteiger partial charge in [-0.25, -0.2) is 4.98 Å². The first kappa shape index (κ1) is 7.82. The number of nitrogen functional groups attached to an aromatic ring is 1. The summed E-state index contributed by atoms with van der Waals surface area (Å²) >= 11 is 8.90. The molecular formula is C6H6BrClN2. The van der Waals surface area contributed by atoms with Gasteiger partial charge in [-0.05, 0) is 17.7 Å². The molecular weight excluding hydrogens is 215 g/mol. The minimum Gasteiger partial charge on any atom is -0.384 e. The van der Waals surface area contributed by atoms with Gasteiger partial charge in [0, 0.05) is 5.33 Å². The minimum atomic E-state index is 0.439. The lowest BCUT2D eigenvalue weighted by atomic mass is 10.3. The Kier molecular flexibility index (Phi) is 2.51. The second-order valence-electron chi connectivity index (χ2n) is 1.86. The Balaban J connectivity index is 3.06. The molecule has 1 aromatic rings. The van der Waals surface area contributed by atoms with Gasteiger partial charge in [-0.1, -0.05) is 27.5 Å². The molecule has 0 amide bonds. The van der Waals surface area contributed by atoms with E-state index in [-0.39, 0.29) is 0 Å². The SMILES string of the molecule is Nc1cc(CBr)cc(Cl)n1. The Morgan fingerprint density at radius 2 is 2.30 bits per heavy atom. The summed E-state index contributed by atoms with van der Waals surface area (Å²) in [4.78, 5) is 3.80. The molecule has 0 aliphatic rings. The normalized spacial score (nSPS) is 9.80. The number of nitrogens with two attached hydrogens (primary N) is 1. The fraction of sp³-hybridized carbons (Fsp3) is 0.167. The number of aromatic nitrogens is 1. The zero-order valence-corrected chi connectivity index (χ0v) is 7.48. The molecule has 2 nitrogen and oxygen atoms in total. The third kappa shape index (κ3) is 1.85. The van der Waals surface area contributed by atoms with Gasteiger partial charge in [-0.2, -0.15) is 0 Å². The molecule has 1 rings (SSSR count). The first-order valence-corrected chi connectivity index (χ1v) is 4.20. The van der Waals surface area contributed by atoms with E-state index in [2.05, 4.69) is 20.9 Å². The van der Waals surface area contributed by atoms with Crippen molar-refractivity contribution >= 4 is 33.3 Å². The van der Waals surface area contributed by atoms with E-state index in [1.807, 2.05) is 0 Å². The lowest BCUT2D eigenvalue weighted by molar-refractivity contribution is 1.29. The summed E-state index contributed by atoms with van der Waals surface area (Å²) in [5.41, 5.74) is 6.46. The number of alkyl halides is 1. The van der Waals surface area contributed by atoms with Crippen LogP contribution in [0.4, 0.5) is 5.82 Å². The number of pyridine rings is 1. The number of rotatable bonds is 1. The molecule has 1 aromatic heterocycles. The predicted molar refractivity (Wildman–Crippen MR) is 46.3 cm³/mol. The van der Waals surface area contributed by atoms with Gasteiger partial charge in [-0.15, -0.1) is 0 Å². The third-order valence-electron chi connectivity index (χ3n) is 1.03. The number of halogens is 2. The second-order valence-corrected chi connectivity index (χ2v) is 2.80. The highest BCUT2D eigenvalue weighted by molar-refractivity contribution is 9.08. The summed E-state index contributed by atoms with van der Waals surface area (Å²) in [5, 5.41) is 1.19. The molecule has 0 saturated heterocycles. The van der Waals surface area contributed by atoms with E-state index in [9.17, 15) is 0 Å². The van der Waals surface area contributed by atoms with Crippen LogP contribution in [-0.4, -0.2) is 4.98 Å². The monoisotopic (exact) mass is 220 g/mol. The molecule has 0 saturated carbocycles. The fourth-order valence-corrected chi connectivity index (χ4v) is 1.21. The Labute approximate surface area is 72.5 Å². The Morgan fingerprint density at radius 1 is 1.60 bits per heavy atom. The van der Waals surface area contributed by atoms with Crippen molar-refractivity contribution in [1.82, 2.24) is 4.98 Å². The molecule has 0 aromatic carbocycles. The Morgan fingerprint density at radius 3 is 2.80 bits per heavy atom. The number of anilines is 1. The average molecular weight is 221 g/mol. The van der Waals surface area contributed by atoms with Crippen LogP contribution in [0.2, 0.25) is 5.15 Å². The van der Waals surface area contributed by atoms with Gasteiger partial charge in [0.2, 0.25) is 0 Å². The van der Waals surface area contributed by atoms with Crippen molar-refractivity contribution in [3.63, 3.8) is 0 Å². The summed E-state index contributed by atoms with van der Waals surface area (Å²) in [6, 6.07) is 3.55. The number of hydrogen-bond acceptors (Lipinski definition) is 2. The van der Waals surface area contributed by atoms with Gasteiger partial charge < -0.3 is 5.73 Å². The van der Waals surface area contributed by atoms with E-state index in [4.69, 9.17) is 17.3 Å². The van der Waals surface area contributed by atoms with E-state index >= 15 is 0 Å². The van der Waals surface area contributed by atoms with Crippen molar-refractivity contribution in [2.45, 2.75) is 5.33 Å². The van der Waals surface area contributed by atoms with Crippen LogP contribution in [0.3, 0.4) is 0 Å². The standard InChI is InChI=1S/C6H6BrClN2/c7-3-4-1-5(8)10-6(9)2-4/h1-2H,3H2,(H2,9,10). The van der Waals surface area contributed by atoms with Gasteiger partial charge in [-0.3, -0.25) is 0 Å².